The van der Waals surface area contributed by atoms with Crippen molar-refractivity contribution in [3.8, 4) is 5.75 Å². The molecule has 0 bridgehead atoms. The van der Waals surface area contributed by atoms with Gasteiger partial charge in [0.15, 0.2) is 0 Å². The Morgan fingerprint density at radius 1 is 1.33 bits per heavy atom. The van der Waals surface area contributed by atoms with E-state index < -0.39 is 0 Å². The molecule has 0 spiro atoms. The summed E-state index contributed by atoms with van der Waals surface area (Å²) in [4.78, 5) is 0. The van der Waals surface area contributed by atoms with Crippen molar-refractivity contribution >= 4 is 0 Å². The van der Waals surface area contributed by atoms with Crippen LogP contribution in [-0.2, 0) is 0 Å². The van der Waals surface area contributed by atoms with Crippen molar-refractivity contribution in [3.05, 3.63) is 41.7 Å². The first-order chi connectivity index (χ1) is 10.3. The molecule has 0 saturated carbocycles. The number of rotatable bonds is 4. The van der Waals surface area contributed by atoms with Gasteiger partial charge in [0.25, 0.3) is 0 Å². The molecule has 3 rings (SSSR count). The van der Waals surface area contributed by atoms with Gasteiger partial charge in [-0.25, -0.2) is 4.39 Å². The number of halogens is 1. The number of ether oxygens (including phenoxy) is 1. The highest BCUT2D eigenvalue weighted by Crippen LogP contribution is 2.39. The van der Waals surface area contributed by atoms with Crippen LogP contribution in [0.2, 0.25) is 0 Å². The van der Waals surface area contributed by atoms with Gasteiger partial charge in [0.2, 0.25) is 0 Å². The molecular formula is C18H24FNO. The van der Waals surface area contributed by atoms with Gasteiger partial charge in [0.1, 0.15) is 17.7 Å². The first-order valence-corrected chi connectivity index (χ1v) is 8.12. The first kappa shape index (κ1) is 14.6. The standard InChI is InChI=1S/C18H24FNO/c1-2-10-20-16-12-17(13-6-4-3-5-7-13)21-18-11-14(19)8-9-15(16)18/h3-4,8-9,11,13,16-17,20H,2,5-7,10,12H2,1H3. The van der Waals surface area contributed by atoms with Gasteiger partial charge in [-0.15, -0.1) is 0 Å². The molecule has 3 heteroatoms. The van der Waals surface area contributed by atoms with Crippen molar-refractivity contribution in [2.75, 3.05) is 6.54 Å². The van der Waals surface area contributed by atoms with Crippen LogP contribution in [-0.4, -0.2) is 12.6 Å². The molecule has 21 heavy (non-hydrogen) atoms. The Bertz CT molecular complexity index is 514. The molecule has 0 saturated heterocycles. The van der Waals surface area contributed by atoms with Crippen LogP contribution in [0, 0.1) is 11.7 Å². The monoisotopic (exact) mass is 289 g/mol. The molecule has 1 N–H and O–H groups in total. The summed E-state index contributed by atoms with van der Waals surface area (Å²) in [6.07, 6.45) is 10.2. The summed E-state index contributed by atoms with van der Waals surface area (Å²) in [5.41, 5.74) is 1.10. The maximum Gasteiger partial charge on any atom is 0.127 e. The largest absolute Gasteiger partial charge is 0.490 e. The van der Waals surface area contributed by atoms with Crippen molar-refractivity contribution in [1.82, 2.24) is 5.32 Å². The van der Waals surface area contributed by atoms with Crippen molar-refractivity contribution in [1.29, 1.82) is 0 Å². The quantitative estimate of drug-likeness (QED) is 0.831. The Morgan fingerprint density at radius 2 is 2.24 bits per heavy atom. The van der Waals surface area contributed by atoms with Crippen molar-refractivity contribution in [3.63, 3.8) is 0 Å². The Labute approximate surface area is 126 Å². The fraction of sp³-hybridized carbons (Fsp3) is 0.556. The second kappa shape index (κ2) is 6.61. The lowest BCUT2D eigenvalue weighted by Gasteiger charge is -2.37. The van der Waals surface area contributed by atoms with E-state index in [1.54, 1.807) is 6.07 Å². The number of hydrogen-bond donors (Lipinski definition) is 1. The van der Waals surface area contributed by atoms with E-state index in [0.717, 1.165) is 43.5 Å². The maximum atomic E-state index is 13.5. The smallest absolute Gasteiger partial charge is 0.127 e. The molecule has 1 aromatic carbocycles. The van der Waals surface area contributed by atoms with Gasteiger partial charge in [0.05, 0.1) is 0 Å². The molecule has 0 amide bonds. The minimum Gasteiger partial charge on any atom is -0.490 e. The third kappa shape index (κ3) is 3.29. The SMILES string of the molecule is CCCNC1CC(C2CC=CCC2)Oc2cc(F)ccc21. The molecule has 0 radical (unpaired) electrons. The second-order valence-corrected chi connectivity index (χ2v) is 6.13. The fourth-order valence-electron chi connectivity index (χ4n) is 3.42. The van der Waals surface area contributed by atoms with Gasteiger partial charge in [-0.3, -0.25) is 0 Å². The molecule has 1 aromatic rings. The zero-order valence-electron chi connectivity index (χ0n) is 12.6. The summed E-state index contributed by atoms with van der Waals surface area (Å²) < 4.78 is 19.7. The van der Waals surface area contributed by atoms with Gasteiger partial charge in [-0.05, 0) is 44.2 Å². The van der Waals surface area contributed by atoms with Crippen LogP contribution in [0.5, 0.6) is 5.75 Å². The zero-order chi connectivity index (χ0) is 14.7. The Morgan fingerprint density at radius 3 is 3.00 bits per heavy atom. The van der Waals surface area contributed by atoms with Gasteiger partial charge in [0, 0.05) is 24.1 Å². The van der Waals surface area contributed by atoms with Gasteiger partial charge in [-0.2, -0.15) is 0 Å². The van der Waals surface area contributed by atoms with Crippen LogP contribution < -0.4 is 10.1 Å². The normalized spacial score (nSPS) is 28.0. The lowest BCUT2D eigenvalue weighted by molar-refractivity contribution is 0.0869. The van der Waals surface area contributed by atoms with E-state index in [9.17, 15) is 4.39 Å². The molecule has 1 aliphatic heterocycles. The third-order valence-electron chi connectivity index (χ3n) is 4.57. The van der Waals surface area contributed by atoms with Crippen LogP contribution in [0.1, 0.15) is 50.6 Å². The highest BCUT2D eigenvalue weighted by molar-refractivity contribution is 5.38. The van der Waals surface area contributed by atoms with Crippen LogP contribution in [0.15, 0.2) is 30.4 Å². The van der Waals surface area contributed by atoms with Gasteiger partial charge >= 0.3 is 0 Å². The Balaban J connectivity index is 1.82. The van der Waals surface area contributed by atoms with E-state index in [-0.39, 0.29) is 18.0 Å². The number of allylic oxidation sites excluding steroid dienone is 2. The minimum atomic E-state index is -0.216. The summed E-state index contributed by atoms with van der Waals surface area (Å²) >= 11 is 0. The lowest BCUT2D eigenvalue weighted by atomic mass is 9.83. The average Bonchev–Trinajstić information content (AvgIpc) is 2.52. The minimum absolute atomic E-state index is 0.193. The Kier molecular flexibility index (Phi) is 4.59. The topological polar surface area (TPSA) is 21.3 Å². The number of nitrogens with one attached hydrogen (secondary N) is 1. The highest BCUT2D eigenvalue weighted by atomic mass is 19.1. The highest BCUT2D eigenvalue weighted by Gasteiger charge is 2.33. The molecule has 114 valence electrons. The van der Waals surface area contributed by atoms with E-state index in [1.807, 2.05) is 6.07 Å². The summed E-state index contributed by atoms with van der Waals surface area (Å²) in [5, 5.41) is 3.60. The summed E-state index contributed by atoms with van der Waals surface area (Å²) in [6, 6.07) is 5.23. The van der Waals surface area contributed by atoms with Crippen molar-refractivity contribution < 1.29 is 9.13 Å². The third-order valence-corrected chi connectivity index (χ3v) is 4.57. The van der Waals surface area contributed by atoms with Crippen LogP contribution in [0.25, 0.3) is 0 Å². The van der Waals surface area contributed by atoms with Crippen LogP contribution >= 0.6 is 0 Å². The second-order valence-electron chi connectivity index (χ2n) is 6.13. The van der Waals surface area contributed by atoms with E-state index in [2.05, 4.69) is 24.4 Å². The van der Waals surface area contributed by atoms with E-state index >= 15 is 0 Å². The first-order valence-electron chi connectivity index (χ1n) is 8.12. The molecular weight excluding hydrogens is 265 g/mol. The average molecular weight is 289 g/mol. The van der Waals surface area contributed by atoms with E-state index in [0.29, 0.717) is 5.92 Å². The zero-order valence-corrected chi connectivity index (χ0v) is 12.6. The predicted molar refractivity (Wildman–Crippen MR) is 82.9 cm³/mol. The van der Waals surface area contributed by atoms with Crippen molar-refractivity contribution in [2.24, 2.45) is 5.92 Å². The molecule has 2 nitrogen and oxygen atoms in total. The van der Waals surface area contributed by atoms with Crippen LogP contribution in [0.3, 0.4) is 0 Å². The van der Waals surface area contributed by atoms with E-state index in [1.165, 1.54) is 12.5 Å². The number of fused-ring (bicyclic) bond motifs is 1. The van der Waals surface area contributed by atoms with Crippen molar-refractivity contribution in [2.45, 2.75) is 51.2 Å². The maximum absolute atomic E-state index is 13.5. The molecule has 3 unspecified atom stereocenters. The molecule has 2 aliphatic rings. The molecule has 3 atom stereocenters. The van der Waals surface area contributed by atoms with Crippen LogP contribution in [0.4, 0.5) is 4.39 Å². The molecule has 1 aliphatic carbocycles. The lowest BCUT2D eigenvalue weighted by Crippen LogP contribution is -2.38. The number of benzene rings is 1. The number of hydrogen-bond acceptors (Lipinski definition) is 2. The Hall–Kier alpha value is -1.35. The van der Waals surface area contributed by atoms with Gasteiger partial charge in [-0.1, -0.05) is 25.1 Å². The predicted octanol–water partition coefficient (Wildman–Crippen LogP) is 4.37. The summed E-state index contributed by atoms with van der Waals surface area (Å²) in [5.74, 6) is 1.07. The van der Waals surface area contributed by atoms with Gasteiger partial charge < -0.3 is 10.1 Å². The summed E-state index contributed by atoms with van der Waals surface area (Å²) in [6.45, 7) is 3.15. The summed E-state index contributed by atoms with van der Waals surface area (Å²) in [7, 11) is 0. The van der Waals surface area contributed by atoms with E-state index in [4.69, 9.17) is 4.74 Å². The fourth-order valence-corrected chi connectivity index (χ4v) is 3.42. The molecule has 1 heterocycles. The molecule has 0 aromatic heterocycles. The molecule has 0 fully saturated rings.